The second-order valence-electron chi connectivity index (χ2n) is 9.37. The molecule has 4 rings (SSSR count). The summed E-state index contributed by atoms with van der Waals surface area (Å²) in [4.78, 5) is 18.3. The first-order valence-corrected chi connectivity index (χ1v) is 12.5. The Labute approximate surface area is 227 Å². The molecule has 0 radical (unpaired) electrons. The quantitative estimate of drug-likeness (QED) is 0.299. The number of rotatable bonds is 7. The van der Waals surface area contributed by atoms with E-state index in [2.05, 4.69) is 32.8 Å². The molecule has 3 heterocycles. The van der Waals surface area contributed by atoms with Crippen LogP contribution in [0.4, 0.5) is 33.3 Å². The van der Waals surface area contributed by atoms with Gasteiger partial charge >= 0.3 is 6.18 Å². The lowest BCUT2D eigenvalue weighted by molar-refractivity contribution is -0.128. The molecule has 3 aromatic rings. The number of halogens is 5. The number of carbonyl (C=O) groups excluding carboxylic acids is 1. The molecule has 0 spiro atoms. The first-order chi connectivity index (χ1) is 19.0. The van der Waals surface area contributed by atoms with Gasteiger partial charge in [-0.1, -0.05) is 12.0 Å². The average Bonchev–Trinajstić information content (AvgIpc) is 3.24. The monoisotopic (exact) mass is 564 g/mol. The van der Waals surface area contributed by atoms with E-state index in [1.165, 1.54) is 14.2 Å². The van der Waals surface area contributed by atoms with Crippen molar-refractivity contribution in [3.8, 4) is 17.6 Å². The molecule has 1 aliphatic heterocycles. The van der Waals surface area contributed by atoms with E-state index in [1.807, 2.05) is 0 Å². The van der Waals surface area contributed by atoms with E-state index in [1.54, 1.807) is 30.1 Å². The highest BCUT2D eigenvalue weighted by molar-refractivity contribution is 6.00. The number of para-hydroxylation sites is 1. The standard InChI is InChI=1S/C27H29F5N6O2/c1-33-26(39)16-6-4-8-22(40-3)23(16)34-11-5-7-20-21(14-27(30,31)32)38-13-9-17(28)24(25(38)36-20)35-19-10-12-37(2)15-18(19)29/h4,6,8-9,13,18-19,34-35H,10-12,14-15H2,1-3H3,(H,33,39)/t18-,19+/m0/s1. The van der Waals surface area contributed by atoms with Crippen LogP contribution in [0.1, 0.15) is 28.2 Å². The second kappa shape index (κ2) is 12.0. The lowest BCUT2D eigenvalue weighted by Gasteiger charge is -2.33. The molecule has 1 amide bonds. The highest BCUT2D eigenvalue weighted by atomic mass is 19.4. The minimum Gasteiger partial charge on any atom is -0.495 e. The lowest BCUT2D eigenvalue weighted by Crippen LogP contribution is -2.46. The SMILES string of the molecule is CNC(=O)c1cccc(OC)c1NCC#Cc1nc2c(N[C@@H]3CCN(C)C[C@@H]3F)c(F)ccn2c1CC(F)(F)F. The molecule has 0 unspecified atom stereocenters. The topological polar surface area (TPSA) is 82.9 Å². The van der Waals surface area contributed by atoms with Crippen molar-refractivity contribution >= 4 is 22.9 Å². The molecule has 0 saturated carbocycles. The number of piperidine rings is 1. The van der Waals surface area contributed by atoms with Crippen molar-refractivity contribution in [1.82, 2.24) is 19.6 Å². The van der Waals surface area contributed by atoms with Crippen LogP contribution in [0.5, 0.6) is 5.75 Å². The van der Waals surface area contributed by atoms with E-state index >= 15 is 0 Å². The fourth-order valence-electron chi connectivity index (χ4n) is 4.60. The van der Waals surface area contributed by atoms with Gasteiger partial charge in [0.25, 0.3) is 5.91 Å². The molecule has 1 aliphatic rings. The number of alkyl halides is 4. The molecule has 3 N–H and O–H groups in total. The van der Waals surface area contributed by atoms with Crippen molar-refractivity contribution < 1.29 is 31.5 Å². The van der Waals surface area contributed by atoms with Crippen LogP contribution in [0.25, 0.3) is 5.65 Å². The Morgan fingerprint density at radius 3 is 2.70 bits per heavy atom. The molecule has 1 fully saturated rings. The second-order valence-corrected chi connectivity index (χ2v) is 9.37. The van der Waals surface area contributed by atoms with Gasteiger partial charge in [0, 0.05) is 26.3 Å². The number of benzene rings is 1. The summed E-state index contributed by atoms with van der Waals surface area (Å²) in [6.07, 6.45) is -5.72. The van der Waals surface area contributed by atoms with Crippen LogP contribution in [-0.4, -0.2) is 79.4 Å². The summed E-state index contributed by atoms with van der Waals surface area (Å²) in [7, 11) is 4.68. The summed E-state index contributed by atoms with van der Waals surface area (Å²) in [6.45, 7) is 0.657. The van der Waals surface area contributed by atoms with E-state index in [0.29, 0.717) is 30.0 Å². The van der Waals surface area contributed by atoms with Gasteiger partial charge in [0.15, 0.2) is 11.5 Å². The number of pyridine rings is 1. The predicted molar refractivity (Wildman–Crippen MR) is 141 cm³/mol. The van der Waals surface area contributed by atoms with Gasteiger partial charge in [0.05, 0.1) is 43.1 Å². The van der Waals surface area contributed by atoms with Crippen LogP contribution >= 0.6 is 0 Å². The van der Waals surface area contributed by atoms with Crippen LogP contribution in [0.2, 0.25) is 0 Å². The number of amides is 1. The highest BCUT2D eigenvalue weighted by Crippen LogP contribution is 2.30. The summed E-state index contributed by atoms with van der Waals surface area (Å²) in [5, 5.41) is 8.33. The molecular formula is C27H29F5N6O2. The summed E-state index contributed by atoms with van der Waals surface area (Å²) < 4.78 is 76.5. The smallest absolute Gasteiger partial charge is 0.394 e. The highest BCUT2D eigenvalue weighted by Gasteiger charge is 2.33. The van der Waals surface area contributed by atoms with Crippen molar-refractivity contribution in [2.45, 2.75) is 31.2 Å². The van der Waals surface area contributed by atoms with Gasteiger partial charge in [-0.15, -0.1) is 0 Å². The number of ether oxygens (including phenoxy) is 1. The van der Waals surface area contributed by atoms with Crippen LogP contribution in [-0.2, 0) is 6.42 Å². The third-order valence-electron chi connectivity index (χ3n) is 6.56. The zero-order chi connectivity index (χ0) is 29.0. The van der Waals surface area contributed by atoms with Gasteiger partial charge in [-0.2, -0.15) is 13.2 Å². The van der Waals surface area contributed by atoms with Gasteiger partial charge in [-0.05, 0) is 37.6 Å². The number of aromatic nitrogens is 2. The summed E-state index contributed by atoms with van der Waals surface area (Å²) >= 11 is 0. The van der Waals surface area contributed by atoms with E-state index in [9.17, 15) is 26.7 Å². The molecular weight excluding hydrogens is 535 g/mol. The van der Waals surface area contributed by atoms with E-state index in [-0.39, 0.29) is 41.7 Å². The average molecular weight is 565 g/mol. The normalized spacial score (nSPS) is 17.7. The third-order valence-corrected chi connectivity index (χ3v) is 6.56. The van der Waals surface area contributed by atoms with Crippen molar-refractivity contribution in [2.75, 3.05) is 51.5 Å². The number of hydrogen-bond donors (Lipinski definition) is 3. The van der Waals surface area contributed by atoms with Crippen molar-refractivity contribution in [1.29, 1.82) is 0 Å². The van der Waals surface area contributed by atoms with Crippen LogP contribution < -0.4 is 20.7 Å². The van der Waals surface area contributed by atoms with Crippen LogP contribution in [0.3, 0.4) is 0 Å². The number of methoxy groups -OCH3 is 1. The summed E-state index contributed by atoms with van der Waals surface area (Å²) in [6, 6.07) is 5.15. The molecule has 2 aromatic heterocycles. The number of anilines is 2. The minimum atomic E-state index is -4.59. The van der Waals surface area contributed by atoms with Gasteiger partial charge in [-0.3, -0.25) is 4.79 Å². The summed E-state index contributed by atoms with van der Waals surface area (Å²) in [5.74, 6) is 4.61. The number of fused-ring (bicyclic) bond motifs is 1. The van der Waals surface area contributed by atoms with E-state index < -0.39 is 30.6 Å². The number of carbonyl (C=O) groups is 1. The Kier molecular flexibility index (Phi) is 8.68. The third kappa shape index (κ3) is 6.39. The Morgan fingerprint density at radius 1 is 1.25 bits per heavy atom. The number of hydrogen-bond acceptors (Lipinski definition) is 6. The first kappa shape index (κ1) is 28.9. The molecule has 8 nitrogen and oxygen atoms in total. The zero-order valence-electron chi connectivity index (χ0n) is 22.1. The largest absolute Gasteiger partial charge is 0.495 e. The maximum absolute atomic E-state index is 14.9. The minimum absolute atomic E-state index is 0.0672. The molecule has 0 aliphatic carbocycles. The fourth-order valence-corrected chi connectivity index (χ4v) is 4.60. The van der Waals surface area contributed by atoms with Gasteiger partial charge in [-0.25, -0.2) is 13.8 Å². The molecule has 2 atom stereocenters. The molecule has 40 heavy (non-hydrogen) atoms. The maximum Gasteiger partial charge on any atom is 0.394 e. The maximum atomic E-state index is 14.9. The van der Waals surface area contributed by atoms with E-state index in [4.69, 9.17) is 4.74 Å². The molecule has 1 aromatic carbocycles. The van der Waals surface area contributed by atoms with Crippen molar-refractivity contribution in [3.05, 3.63) is 53.2 Å². The van der Waals surface area contributed by atoms with Gasteiger partial charge in [0.2, 0.25) is 0 Å². The fraction of sp³-hybridized carbons (Fsp3) is 0.407. The van der Waals surface area contributed by atoms with E-state index in [0.717, 1.165) is 16.7 Å². The van der Waals surface area contributed by atoms with Crippen molar-refractivity contribution in [2.24, 2.45) is 0 Å². The van der Waals surface area contributed by atoms with Crippen molar-refractivity contribution in [3.63, 3.8) is 0 Å². The number of likely N-dealkylation sites (tertiary alicyclic amines) is 1. The number of imidazole rings is 1. The first-order valence-electron chi connectivity index (χ1n) is 12.5. The van der Waals surface area contributed by atoms with Gasteiger partial charge in [0.1, 0.15) is 23.3 Å². The molecule has 0 bridgehead atoms. The van der Waals surface area contributed by atoms with Crippen LogP contribution in [0, 0.1) is 17.7 Å². The molecule has 13 heteroatoms. The lowest BCUT2D eigenvalue weighted by atomic mass is 10.0. The van der Waals surface area contributed by atoms with Gasteiger partial charge < -0.3 is 30.0 Å². The Morgan fingerprint density at radius 2 is 2.02 bits per heavy atom. The predicted octanol–water partition coefficient (Wildman–Crippen LogP) is 3.86. The Bertz CT molecular complexity index is 1450. The number of nitrogens with one attached hydrogen (secondary N) is 3. The number of nitrogens with zero attached hydrogens (tertiary/aromatic N) is 3. The van der Waals surface area contributed by atoms with Crippen LogP contribution in [0.15, 0.2) is 30.5 Å². The zero-order valence-corrected chi connectivity index (χ0v) is 22.1. The molecule has 1 saturated heterocycles. The Balaban J connectivity index is 1.68. The summed E-state index contributed by atoms with van der Waals surface area (Å²) in [5.41, 5.74) is -0.120. The molecule has 214 valence electrons. The Hall–Kier alpha value is -4.05.